The number of carbonyl (C=O) groups is 2. The van der Waals surface area contributed by atoms with Crippen LogP contribution < -0.4 is 16.0 Å². The summed E-state index contributed by atoms with van der Waals surface area (Å²) in [5.41, 5.74) is 1.18. The molecule has 0 unspecified atom stereocenters. The molecule has 6 nitrogen and oxygen atoms in total. The number of nitrogens with zero attached hydrogens (tertiary/aromatic N) is 1. The van der Waals surface area contributed by atoms with Crippen molar-refractivity contribution < 1.29 is 9.59 Å². The topological polar surface area (TPSA) is 83.1 Å². The highest BCUT2D eigenvalue weighted by molar-refractivity contribution is 5.99. The van der Waals surface area contributed by atoms with Crippen molar-refractivity contribution in [1.29, 1.82) is 0 Å². The van der Waals surface area contributed by atoms with Gasteiger partial charge in [-0.25, -0.2) is 0 Å². The molecular weight excluding hydrogens is 244 g/mol. The quantitative estimate of drug-likeness (QED) is 0.679. The van der Waals surface area contributed by atoms with Crippen molar-refractivity contribution in [3.8, 4) is 0 Å². The van der Waals surface area contributed by atoms with Crippen LogP contribution in [-0.2, 0) is 4.79 Å². The summed E-state index contributed by atoms with van der Waals surface area (Å²) in [5.74, 6) is -0.263. The molecule has 0 atom stereocenters. The SMILES string of the molecule is CCCNC(=O)CCNC(=O)c1ccncc1NC. The predicted octanol–water partition coefficient (Wildman–Crippen LogP) is 0.769. The highest BCUT2D eigenvalue weighted by atomic mass is 16.2. The molecule has 3 N–H and O–H groups in total. The van der Waals surface area contributed by atoms with Gasteiger partial charge in [-0.3, -0.25) is 14.6 Å². The number of rotatable bonds is 7. The molecule has 0 aliphatic heterocycles. The standard InChI is InChI=1S/C13H20N4O2/c1-3-6-16-12(18)5-8-17-13(19)10-4-7-15-9-11(10)14-2/h4,7,9,14H,3,5-6,8H2,1-2H3,(H,16,18)(H,17,19). The molecule has 0 saturated heterocycles. The smallest absolute Gasteiger partial charge is 0.253 e. The molecular formula is C13H20N4O2. The average molecular weight is 264 g/mol. The Balaban J connectivity index is 2.41. The first-order valence-corrected chi connectivity index (χ1v) is 6.35. The zero-order chi connectivity index (χ0) is 14.1. The lowest BCUT2D eigenvalue weighted by molar-refractivity contribution is -0.120. The van der Waals surface area contributed by atoms with Gasteiger partial charge in [0.15, 0.2) is 0 Å². The first kappa shape index (κ1) is 14.9. The molecule has 1 rings (SSSR count). The van der Waals surface area contributed by atoms with Crippen LogP contribution in [0.25, 0.3) is 0 Å². The Labute approximate surface area is 113 Å². The summed E-state index contributed by atoms with van der Waals surface area (Å²) in [7, 11) is 1.73. The summed E-state index contributed by atoms with van der Waals surface area (Å²) in [6.07, 6.45) is 4.33. The number of hydrogen-bond acceptors (Lipinski definition) is 4. The molecule has 0 spiro atoms. The van der Waals surface area contributed by atoms with Gasteiger partial charge in [-0.1, -0.05) is 6.92 Å². The number of amides is 2. The minimum Gasteiger partial charge on any atom is -0.386 e. The lowest BCUT2D eigenvalue weighted by atomic mass is 10.2. The van der Waals surface area contributed by atoms with Crippen molar-refractivity contribution in [2.45, 2.75) is 19.8 Å². The fourth-order valence-electron chi connectivity index (χ4n) is 1.53. The zero-order valence-electron chi connectivity index (χ0n) is 11.3. The largest absolute Gasteiger partial charge is 0.386 e. The van der Waals surface area contributed by atoms with E-state index in [0.29, 0.717) is 24.3 Å². The molecule has 0 saturated carbocycles. The molecule has 0 bridgehead atoms. The van der Waals surface area contributed by atoms with Gasteiger partial charge in [0.2, 0.25) is 5.91 Å². The maximum absolute atomic E-state index is 11.9. The Hall–Kier alpha value is -2.11. The third kappa shape index (κ3) is 4.95. The van der Waals surface area contributed by atoms with Gasteiger partial charge in [0.05, 0.1) is 17.4 Å². The van der Waals surface area contributed by atoms with Gasteiger partial charge in [0.25, 0.3) is 5.91 Å². The highest BCUT2D eigenvalue weighted by Gasteiger charge is 2.10. The van der Waals surface area contributed by atoms with Crippen molar-refractivity contribution in [3.63, 3.8) is 0 Å². The van der Waals surface area contributed by atoms with Crippen LogP contribution in [0.15, 0.2) is 18.5 Å². The molecule has 6 heteroatoms. The number of hydrogen-bond donors (Lipinski definition) is 3. The number of pyridine rings is 1. The van der Waals surface area contributed by atoms with Crippen molar-refractivity contribution in [2.75, 3.05) is 25.5 Å². The van der Waals surface area contributed by atoms with Crippen LogP contribution in [0.3, 0.4) is 0 Å². The van der Waals surface area contributed by atoms with Gasteiger partial charge in [0.1, 0.15) is 0 Å². The molecule has 1 aromatic heterocycles. The van der Waals surface area contributed by atoms with Crippen LogP contribution in [0, 0.1) is 0 Å². The van der Waals surface area contributed by atoms with E-state index in [0.717, 1.165) is 6.42 Å². The molecule has 0 fully saturated rings. The maximum atomic E-state index is 11.9. The predicted molar refractivity (Wildman–Crippen MR) is 74.0 cm³/mol. The van der Waals surface area contributed by atoms with Gasteiger partial charge in [-0.15, -0.1) is 0 Å². The van der Waals surface area contributed by atoms with Crippen LogP contribution in [0.1, 0.15) is 30.1 Å². The Morgan fingerprint density at radius 1 is 1.26 bits per heavy atom. The Bertz CT molecular complexity index is 434. The van der Waals surface area contributed by atoms with Crippen molar-refractivity contribution in [3.05, 3.63) is 24.0 Å². The van der Waals surface area contributed by atoms with E-state index >= 15 is 0 Å². The van der Waals surface area contributed by atoms with Crippen molar-refractivity contribution in [2.24, 2.45) is 0 Å². The van der Waals surface area contributed by atoms with Gasteiger partial charge in [-0.2, -0.15) is 0 Å². The summed E-state index contributed by atoms with van der Waals surface area (Å²) >= 11 is 0. The second kappa shape index (κ2) is 8.07. The average Bonchev–Trinajstić information content (AvgIpc) is 2.44. The van der Waals surface area contributed by atoms with E-state index < -0.39 is 0 Å². The Morgan fingerprint density at radius 2 is 2.05 bits per heavy atom. The monoisotopic (exact) mass is 264 g/mol. The summed E-state index contributed by atoms with van der Waals surface area (Å²) in [6, 6.07) is 1.64. The van der Waals surface area contributed by atoms with Crippen molar-refractivity contribution >= 4 is 17.5 Å². The lowest BCUT2D eigenvalue weighted by Gasteiger charge is -2.09. The number of anilines is 1. The molecule has 2 amide bonds. The van der Waals surface area contributed by atoms with Crippen LogP contribution in [0.5, 0.6) is 0 Å². The lowest BCUT2D eigenvalue weighted by Crippen LogP contribution is -2.31. The first-order chi connectivity index (χ1) is 9.19. The minimum atomic E-state index is -0.213. The minimum absolute atomic E-state index is 0.0503. The van der Waals surface area contributed by atoms with Crippen LogP contribution in [-0.4, -0.2) is 36.9 Å². The molecule has 0 aliphatic rings. The van der Waals surface area contributed by atoms with E-state index in [-0.39, 0.29) is 18.2 Å². The van der Waals surface area contributed by atoms with E-state index in [1.54, 1.807) is 25.5 Å². The Morgan fingerprint density at radius 3 is 2.74 bits per heavy atom. The van der Waals surface area contributed by atoms with E-state index in [2.05, 4.69) is 20.9 Å². The van der Waals surface area contributed by atoms with Crippen LogP contribution in [0.2, 0.25) is 0 Å². The molecule has 104 valence electrons. The first-order valence-electron chi connectivity index (χ1n) is 6.35. The maximum Gasteiger partial charge on any atom is 0.253 e. The summed E-state index contributed by atoms with van der Waals surface area (Å²) in [6.45, 7) is 2.98. The van der Waals surface area contributed by atoms with Gasteiger partial charge < -0.3 is 16.0 Å². The third-order valence-electron chi connectivity index (χ3n) is 2.54. The Kier molecular flexibility index (Phi) is 6.35. The second-order valence-corrected chi connectivity index (χ2v) is 4.03. The number of nitrogens with one attached hydrogen (secondary N) is 3. The summed E-state index contributed by atoms with van der Waals surface area (Å²) < 4.78 is 0. The summed E-state index contributed by atoms with van der Waals surface area (Å²) in [4.78, 5) is 27.2. The zero-order valence-corrected chi connectivity index (χ0v) is 11.3. The molecule has 1 aromatic rings. The molecule has 1 heterocycles. The van der Waals surface area contributed by atoms with E-state index in [9.17, 15) is 9.59 Å². The third-order valence-corrected chi connectivity index (χ3v) is 2.54. The summed E-state index contributed by atoms with van der Waals surface area (Å²) in [5, 5.41) is 8.37. The second-order valence-electron chi connectivity index (χ2n) is 4.03. The molecule has 0 aromatic carbocycles. The van der Waals surface area contributed by atoms with E-state index in [1.807, 2.05) is 6.92 Å². The molecule has 0 aliphatic carbocycles. The number of aromatic nitrogens is 1. The normalized spacial score (nSPS) is 9.79. The van der Waals surface area contributed by atoms with E-state index in [1.165, 1.54) is 0 Å². The molecule has 19 heavy (non-hydrogen) atoms. The highest BCUT2D eigenvalue weighted by Crippen LogP contribution is 2.11. The van der Waals surface area contributed by atoms with Gasteiger partial charge in [-0.05, 0) is 12.5 Å². The van der Waals surface area contributed by atoms with Gasteiger partial charge >= 0.3 is 0 Å². The van der Waals surface area contributed by atoms with Crippen LogP contribution in [0.4, 0.5) is 5.69 Å². The molecule has 0 radical (unpaired) electrons. The fourth-order valence-corrected chi connectivity index (χ4v) is 1.53. The fraction of sp³-hybridized carbons (Fsp3) is 0.462. The van der Waals surface area contributed by atoms with Gasteiger partial charge in [0, 0.05) is 32.8 Å². The van der Waals surface area contributed by atoms with Crippen molar-refractivity contribution in [1.82, 2.24) is 15.6 Å². The number of carbonyl (C=O) groups excluding carboxylic acids is 2. The van der Waals surface area contributed by atoms with Crippen LogP contribution >= 0.6 is 0 Å². The van der Waals surface area contributed by atoms with E-state index in [4.69, 9.17) is 0 Å².